The Bertz CT molecular complexity index is 993. The Kier molecular flexibility index (Phi) is 7.50. The summed E-state index contributed by atoms with van der Waals surface area (Å²) < 4.78 is 8.24. The number of benzene rings is 2. The molecule has 5 heteroatoms. The lowest BCUT2D eigenvalue weighted by Gasteiger charge is -2.16. The lowest BCUT2D eigenvalue weighted by atomic mass is 10.1. The minimum absolute atomic E-state index is 0.0746. The molecule has 0 radical (unpaired) electrons. The van der Waals surface area contributed by atoms with Crippen molar-refractivity contribution in [2.24, 2.45) is 0 Å². The normalized spacial score (nSPS) is 12.1. The van der Waals surface area contributed by atoms with Crippen LogP contribution in [0.5, 0.6) is 5.75 Å². The summed E-state index contributed by atoms with van der Waals surface area (Å²) in [6, 6.07) is 14.3. The molecular weight excluding hydrogens is 374 g/mol. The molecule has 160 valence electrons. The van der Waals surface area contributed by atoms with Crippen molar-refractivity contribution >= 4 is 16.9 Å². The quantitative estimate of drug-likeness (QED) is 0.452. The molecule has 0 bridgehead atoms. The van der Waals surface area contributed by atoms with Crippen molar-refractivity contribution in [1.29, 1.82) is 0 Å². The monoisotopic (exact) mass is 407 g/mol. The predicted molar refractivity (Wildman–Crippen MR) is 122 cm³/mol. The number of rotatable bonds is 10. The molecule has 0 spiro atoms. The molecule has 0 fully saturated rings. The number of nitrogens with one attached hydrogen (secondary N) is 1. The van der Waals surface area contributed by atoms with Gasteiger partial charge >= 0.3 is 0 Å². The molecule has 30 heavy (non-hydrogen) atoms. The number of hydrogen-bond acceptors (Lipinski definition) is 3. The van der Waals surface area contributed by atoms with Crippen LogP contribution in [-0.2, 0) is 11.3 Å². The highest BCUT2D eigenvalue weighted by molar-refractivity contribution is 5.78. The van der Waals surface area contributed by atoms with Crippen LogP contribution in [0, 0.1) is 13.8 Å². The van der Waals surface area contributed by atoms with Crippen LogP contribution in [0.4, 0.5) is 0 Å². The van der Waals surface area contributed by atoms with Crippen LogP contribution in [-0.4, -0.2) is 22.1 Å². The molecule has 5 nitrogen and oxygen atoms in total. The zero-order chi connectivity index (χ0) is 21.5. The zero-order valence-electron chi connectivity index (χ0n) is 18.6. The van der Waals surface area contributed by atoms with E-state index in [2.05, 4.69) is 48.0 Å². The van der Waals surface area contributed by atoms with Gasteiger partial charge in [-0.15, -0.1) is 0 Å². The second-order valence-corrected chi connectivity index (χ2v) is 7.97. The highest BCUT2D eigenvalue weighted by Gasteiger charge is 2.18. The number of carbonyl (C=O) groups excluding carboxylic acids is 1. The van der Waals surface area contributed by atoms with E-state index in [4.69, 9.17) is 9.72 Å². The fourth-order valence-electron chi connectivity index (χ4n) is 3.68. The van der Waals surface area contributed by atoms with E-state index in [-0.39, 0.29) is 11.9 Å². The second-order valence-electron chi connectivity index (χ2n) is 7.97. The standard InChI is InChI=1S/C25H33N3O2/c1-5-10-24(29)26-20(4)25-27-21-11-6-7-12-22(21)28(25)15-8-9-16-30-23-17-18(2)13-14-19(23)3/h6-7,11-14,17,20H,5,8-10,15-16H2,1-4H3,(H,26,29). The fraction of sp³-hybridized carbons (Fsp3) is 0.440. The summed E-state index contributed by atoms with van der Waals surface area (Å²) in [5.74, 6) is 1.96. The minimum Gasteiger partial charge on any atom is -0.493 e. The molecule has 1 unspecified atom stereocenters. The van der Waals surface area contributed by atoms with E-state index in [1.54, 1.807) is 0 Å². The third-order valence-electron chi connectivity index (χ3n) is 5.30. The molecule has 0 aliphatic carbocycles. The number of hydrogen-bond donors (Lipinski definition) is 1. The maximum Gasteiger partial charge on any atom is 0.220 e. The van der Waals surface area contributed by atoms with Crippen molar-refractivity contribution in [3.05, 3.63) is 59.4 Å². The maximum absolute atomic E-state index is 12.1. The van der Waals surface area contributed by atoms with Gasteiger partial charge in [-0.1, -0.05) is 31.2 Å². The fourth-order valence-corrected chi connectivity index (χ4v) is 3.68. The number of ether oxygens (including phenoxy) is 1. The van der Waals surface area contributed by atoms with Crippen LogP contribution in [0.15, 0.2) is 42.5 Å². The van der Waals surface area contributed by atoms with Crippen molar-refractivity contribution in [3.63, 3.8) is 0 Å². The van der Waals surface area contributed by atoms with Crippen LogP contribution in [0.25, 0.3) is 11.0 Å². The number of amides is 1. The number of para-hydroxylation sites is 2. The molecule has 1 atom stereocenters. The predicted octanol–water partition coefficient (Wildman–Crippen LogP) is 5.49. The Morgan fingerprint density at radius 1 is 1.17 bits per heavy atom. The summed E-state index contributed by atoms with van der Waals surface area (Å²) in [6.45, 7) is 9.72. The number of nitrogens with zero attached hydrogens (tertiary/aromatic N) is 2. The van der Waals surface area contributed by atoms with E-state index in [1.165, 1.54) is 11.1 Å². The van der Waals surface area contributed by atoms with Gasteiger partial charge in [0.25, 0.3) is 0 Å². The molecule has 1 amide bonds. The van der Waals surface area contributed by atoms with Crippen LogP contribution < -0.4 is 10.1 Å². The largest absolute Gasteiger partial charge is 0.493 e. The number of imidazole rings is 1. The maximum atomic E-state index is 12.1. The van der Waals surface area contributed by atoms with Gasteiger partial charge in [0, 0.05) is 13.0 Å². The molecule has 0 saturated heterocycles. The molecule has 0 aliphatic rings. The van der Waals surface area contributed by atoms with E-state index in [1.807, 2.05) is 32.0 Å². The first-order valence-electron chi connectivity index (χ1n) is 10.9. The van der Waals surface area contributed by atoms with Gasteiger partial charge in [-0.05, 0) is 69.4 Å². The summed E-state index contributed by atoms with van der Waals surface area (Å²) in [5, 5.41) is 3.09. The number of carbonyl (C=O) groups is 1. The first kappa shape index (κ1) is 21.9. The average molecular weight is 408 g/mol. The van der Waals surface area contributed by atoms with Crippen LogP contribution in [0.3, 0.4) is 0 Å². The van der Waals surface area contributed by atoms with Gasteiger partial charge in [-0.3, -0.25) is 4.79 Å². The van der Waals surface area contributed by atoms with Crippen LogP contribution in [0.2, 0.25) is 0 Å². The van der Waals surface area contributed by atoms with E-state index in [0.29, 0.717) is 13.0 Å². The van der Waals surface area contributed by atoms with Gasteiger partial charge in [0.05, 0.1) is 23.7 Å². The first-order valence-corrected chi connectivity index (χ1v) is 10.9. The van der Waals surface area contributed by atoms with Gasteiger partial charge in [0.2, 0.25) is 5.91 Å². The number of fused-ring (bicyclic) bond motifs is 1. The van der Waals surface area contributed by atoms with E-state index in [9.17, 15) is 4.79 Å². The summed E-state index contributed by atoms with van der Waals surface area (Å²) in [7, 11) is 0. The number of unbranched alkanes of at least 4 members (excludes halogenated alkanes) is 1. The Hall–Kier alpha value is -2.82. The average Bonchev–Trinajstić information content (AvgIpc) is 3.09. The SMILES string of the molecule is CCCC(=O)NC(C)c1nc2ccccc2n1CCCCOc1cc(C)ccc1C. The smallest absolute Gasteiger partial charge is 0.220 e. The van der Waals surface area contributed by atoms with Crippen molar-refractivity contribution in [3.8, 4) is 5.75 Å². The summed E-state index contributed by atoms with van der Waals surface area (Å²) in [6.07, 6.45) is 3.32. The molecule has 0 aliphatic heterocycles. The molecular formula is C25H33N3O2. The third kappa shape index (κ3) is 5.41. The lowest BCUT2D eigenvalue weighted by Crippen LogP contribution is -2.28. The van der Waals surface area contributed by atoms with E-state index < -0.39 is 0 Å². The third-order valence-corrected chi connectivity index (χ3v) is 5.30. The van der Waals surface area contributed by atoms with Crippen molar-refractivity contribution in [2.75, 3.05) is 6.61 Å². The Morgan fingerprint density at radius 2 is 1.97 bits per heavy atom. The highest BCUT2D eigenvalue weighted by Crippen LogP contribution is 2.22. The molecule has 2 aromatic carbocycles. The summed E-state index contributed by atoms with van der Waals surface area (Å²) >= 11 is 0. The van der Waals surface area contributed by atoms with Crippen molar-refractivity contribution in [1.82, 2.24) is 14.9 Å². The number of aryl methyl sites for hydroxylation is 3. The van der Waals surface area contributed by atoms with Crippen LogP contribution >= 0.6 is 0 Å². The summed E-state index contributed by atoms with van der Waals surface area (Å²) in [4.78, 5) is 16.9. The zero-order valence-corrected chi connectivity index (χ0v) is 18.6. The van der Waals surface area contributed by atoms with Crippen molar-refractivity contribution < 1.29 is 9.53 Å². The Morgan fingerprint density at radius 3 is 2.77 bits per heavy atom. The van der Waals surface area contributed by atoms with Gasteiger partial charge < -0.3 is 14.6 Å². The molecule has 3 aromatic rings. The Balaban J connectivity index is 1.64. The molecule has 1 N–H and O–H groups in total. The Labute approximate surface area is 179 Å². The van der Waals surface area contributed by atoms with Crippen molar-refractivity contribution in [2.45, 2.75) is 66.0 Å². The summed E-state index contributed by atoms with van der Waals surface area (Å²) in [5.41, 5.74) is 4.46. The topological polar surface area (TPSA) is 56.2 Å². The van der Waals surface area contributed by atoms with Gasteiger partial charge in [0.1, 0.15) is 11.6 Å². The van der Waals surface area contributed by atoms with E-state index >= 15 is 0 Å². The molecule has 3 rings (SSSR count). The van der Waals surface area contributed by atoms with Crippen LogP contribution in [0.1, 0.15) is 62.5 Å². The second kappa shape index (κ2) is 10.3. The lowest BCUT2D eigenvalue weighted by molar-refractivity contribution is -0.121. The van der Waals surface area contributed by atoms with Gasteiger partial charge in [-0.2, -0.15) is 0 Å². The van der Waals surface area contributed by atoms with Gasteiger partial charge in [0.15, 0.2) is 0 Å². The minimum atomic E-state index is -0.123. The molecule has 1 aromatic heterocycles. The first-order chi connectivity index (χ1) is 14.5. The highest BCUT2D eigenvalue weighted by atomic mass is 16.5. The molecule has 0 saturated carbocycles. The van der Waals surface area contributed by atoms with Gasteiger partial charge in [-0.25, -0.2) is 4.98 Å². The number of aromatic nitrogens is 2. The van der Waals surface area contributed by atoms with E-state index in [0.717, 1.165) is 48.4 Å². The molecule has 1 heterocycles.